The molecule has 1 heterocycles. The number of halogens is 1. The van der Waals surface area contributed by atoms with Crippen LogP contribution in [-0.4, -0.2) is 44.4 Å². The van der Waals surface area contributed by atoms with Crippen molar-refractivity contribution in [3.8, 4) is 29.2 Å². The van der Waals surface area contributed by atoms with Gasteiger partial charge in [-0.2, -0.15) is 10.5 Å². The number of hydrogen-bond acceptors (Lipinski definition) is 6. The van der Waals surface area contributed by atoms with Gasteiger partial charge in [0.2, 0.25) is 5.91 Å². The average Bonchev–Trinajstić information content (AvgIpc) is 3.22. The molecule has 1 amide bonds. The second kappa shape index (κ2) is 10.9. The van der Waals surface area contributed by atoms with Gasteiger partial charge in [0.25, 0.3) is 0 Å². The highest BCUT2D eigenvalue weighted by Crippen LogP contribution is 2.28. The first-order valence-corrected chi connectivity index (χ1v) is 10.5. The van der Waals surface area contributed by atoms with Crippen molar-refractivity contribution in [2.45, 2.75) is 18.0 Å². The standard InChI is InChI=1S/C22H19FN6OS/c23-18-10-8-17(9-11-18)21-26-27-22(29(21)19-6-2-1-3-7-19)31-16-20(30)28(14-4-12-24)15-5-13-25/h1-3,6-11H,4-5,14-16H2. The van der Waals surface area contributed by atoms with Crippen LogP contribution in [0.15, 0.2) is 59.8 Å². The van der Waals surface area contributed by atoms with Gasteiger partial charge in [-0.05, 0) is 36.4 Å². The minimum atomic E-state index is -0.343. The molecular weight excluding hydrogens is 415 g/mol. The number of carbonyl (C=O) groups excluding carboxylic acids is 1. The molecule has 0 aliphatic carbocycles. The van der Waals surface area contributed by atoms with Crippen LogP contribution in [-0.2, 0) is 4.79 Å². The molecule has 0 aliphatic rings. The quantitative estimate of drug-likeness (QED) is 0.475. The van der Waals surface area contributed by atoms with Crippen LogP contribution < -0.4 is 0 Å². The number of benzene rings is 2. The van der Waals surface area contributed by atoms with E-state index in [9.17, 15) is 9.18 Å². The van der Waals surface area contributed by atoms with Gasteiger partial charge in [0.05, 0.1) is 30.7 Å². The van der Waals surface area contributed by atoms with Gasteiger partial charge in [0.15, 0.2) is 11.0 Å². The van der Waals surface area contributed by atoms with Crippen LogP contribution in [0.25, 0.3) is 17.1 Å². The number of thioether (sulfide) groups is 1. The Morgan fingerprint density at radius 3 is 2.26 bits per heavy atom. The molecule has 0 unspecified atom stereocenters. The Kier molecular flexibility index (Phi) is 7.74. The molecule has 156 valence electrons. The van der Waals surface area contributed by atoms with E-state index in [0.717, 1.165) is 5.69 Å². The van der Waals surface area contributed by atoms with Crippen LogP contribution in [0.1, 0.15) is 12.8 Å². The second-order valence-electron chi connectivity index (χ2n) is 6.47. The van der Waals surface area contributed by atoms with E-state index >= 15 is 0 Å². The molecule has 0 saturated carbocycles. The average molecular weight is 435 g/mol. The molecule has 1 aromatic heterocycles. The van der Waals surface area contributed by atoms with Gasteiger partial charge in [0.1, 0.15) is 5.82 Å². The third-order valence-corrected chi connectivity index (χ3v) is 5.33. The number of hydrogen-bond donors (Lipinski definition) is 0. The third kappa shape index (κ3) is 5.68. The van der Waals surface area contributed by atoms with Crippen molar-refractivity contribution in [2.24, 2.45) is 0 Å². The summed E-state index contributed by atoms with van der Waals surface area (Å²) in [5.74, 6) is 0.101. The van der Waals surface area contributed by atoms with Crippen molar-refractivity contribution in [1.82, 2.24) is 19.7 Å². The van der Waals surface area contributed by atoms with Gasteiger partial charge in [0, 0.05) is 24.3 Å². The summed E-state index contributed by atoms with van der Waals surface area (Å²) in [6.45, 7) is 0.563. The Morgan fingerprint density at radius 2 is 1.65 bits per heavy atom. The normalized spacial score (nSPS) is 10.3. The van der Waals surface area contributed by atoms with Crippen LogP contribution in [0.5, 0.6) is 0 Å². The van der Waals surface area contributed by atoms with Gasteiger partial charge in [-0.1, -0.05) is 30.0 Å². The lowest BCUT2D eigenvalue weighted by Gasteiger charge is -2.20. The van der Waals surface area contributed by atoms with E-state index in [1.165, 1.54) is 28.8 Å². The number of rotatable bonds is 9. The number of nitrogens with zero attached hydrogens (tertiary/aromatic N) is 6. The predicted octanol–water partition coefficient (Wildman–Crippen LogP) is 3.82. The number of nitriles is 2. The zero-order valence-electron chi connectivity index (χ0n) is 16.6. The number of amides is 1. The Morgan fingerprint density at radius 1 is 1.00 bits per heavy atom. The molecule has 31 heavy (non-hydrogen) atoms. The maximum Gasteiger partial charge on any atom is 0.233 e. The highest BCUT2D eigenvalue weighted by Gasteiger charge is 2.19. The number of para-hydroxylation sites is 1. The number of carbonyl (C=O) groups is 1. The van der Waals surface area contributed by atoms with E-state index in [2.05, 4.69) is 10.2 Å². The molecule has 9 heteroatoms. The third-order valence-electron chi connectivity index (χ3n) is 4.41. The minimum absolute atomic E-state index is 0.0885. The Balaban J connectivity index is 1.86. The van der Waals surface area contributed by atoms with Gasteiger partial charge in [-0.25, -0.2) is 4.39 Å². The maximum absolute atomic E-state index is 13.4. The van der Waals surface area contributed by atoms with Gasteiger partial charge < -0.3 is 4.90 Å². The molecule has 0 aliphatic heterocycles. The van der Waals surface area contributed by atoms with Crippen molar-refractivity contribution >= 4 is 17.7 Å². The Bertz CT molecular complexity index is 1080. The topological polar surface area (TPSA) is 98.6 Å². The lowest BCUT2D eigenvalue weighted by molar-refractivity contribution is -0.128. The molecule has 0 N–H and O–H groups in total. The molecule has 0 fully saturated rings. The summed E-state index contributed by atoms with van der Waals surface area (Å²) in [5, 5.41) is 26.7. The highest BCUT2D eigenvalue weighted by molar-refractivity contribution is 7.99. The van der Waals surface area contributed by atoms with Gasteiger partial charge in [-0.3, -0.25) is 9.36 Å². The second-order valence-corrected chi connectivity index (χ2v) is 7.41. The predicted molar refractivity (Wildman–Crippen MR) is 115 cm³/mol. The van der Waals surface area contributed by atoms with Crippen LogP contribution in [0.4, 0.5) is 4.39 Å². The van der Waals surface area contributed by atoms with Crippen molar-refractivity contribution in [1.29, 1.82) is 10.5 Å². The summed E-state index contributed by atoms with van der Waals surface area (Å²) in [6, 6.07) is 19.5. The van der Waals surface area contributed by atoms with E-state index in [-0.39, 0.29) is 43.4 Å². The summed E-state index contributed by atoms with van der Waals surface area (Å²) in [4.78, 5) is 14.2. The fourth-order valence-electron chi connectivity index (χ4n) is 2.91. The van der Waals surface area contributed by atoms with E-state index in [0.29, 0.717) is 16.5 Å². The van der Waals surface area contributed by atoms with E-state index < -0.39 is 0 Å². The summed E-state index contributed by atoms with van der Waals surface area (Å²) < 4.78 is 15.2. The van der Waals surface area contributed by atoms with E-state index in [1.54, 1.807) is 12.1 Å². The Hall–Kier alpha value is -3.69. The van der Waals surface area contributed by atoms with E-state index in [1.807, 2.05) is 47.0 Å². The summed E-state index contributed by atoms with van der Waals surface area (Å²) in [6.07, 6.45) is 0.410. The van der Waals surface area contributed by atoms with Crippen molar-refractivity contribution in [3.05, 3.63) is 60.4 Å². The van der Waals surface area contributed by atoms with E-state index in [4.69, 9.17) is 10.5 Å². The fourth-order valence-corrected chi connectivity index (χ4v) is 3.76. The van der Waals surface area contributed by atoms with Crippen molar-refractivity contribution < 1.29 is 9.18 Å². The van der Waals surface area contributed by atoms with Crippen LogP contribution >= 0.6 is 11.8 Å². The fraction of sp³-hybridized carbons (Fsp3) is 0.227. The zero-order valence-corrected chi connectivity index (χ0v) is 17.4. The Labute approximate surface area is 183 Å². The SMILES string of the molecule is N#CCCN(CCC#N)C(=O)CSc1nnc(-c2ccc(F)cc2)n1-c1ccccc1. The van der Waals surface area contributed by atoms with Crippen molar-refractivity contribution in [2.75, 3.05) is 18.8 Å². The molecule has 0 spiro atoms. The molecule has 3 rings (SSSR count). The molecule has 0 saturated heterocycles. The lowest BCUT2D eigenvalue weighted by Crippen LogP contribution is -2.34. The van der Waals surface area contributed by atoms with Crippen molar-refractivity contribution in [3.63, 3.8) is 0 Å². The molecule has 0 atom stereocenters. The summed E-state index contributed by atoms with van der Waals surface area (Å²) in [5.41, 5.74) is 1.51. The van der Waals surface area contributed by atoms with Crippen LogP contribution in [0, 0.1) is 28.5 Å². The first-order chi connectivity index (χ1) is 15.1. The molecule has 3 aromatic rings. The molecule has 7 nitrogen and oxygen atoms in total. The zero-order chi connectivity index (χ0) is 22.1. The molecule has 2 aromatic carbocycles. The van der Waals surface area contributed by atoms with Crippen LogP contribution in [0.2, 0.25) is 0 Å². The first-order valence-electron chi connectivity index (χ1n) is 9.55. The monoisotopic (exact) mass is 434 g/mol. The summed E-state index contributed by atoms with van der Waals surface area (Å²) in [7, 11) is 0. The smallest absolute Gasteiger partial charge is 0.233 e. The molecule has 0 bridgehead atoms. The largest absolute Gasteiger partial charge is 0.340 e. The van der Waals surface area contributed by atoms with Gasteiger partial charge in [-0.15, -0.1) is 10.2 Å². The first kappa shape index (κ1) is 22.0. The van der Waals surface area contributed by atoms with Gasteiger partial charge >= 0.3 is 0 Å². The lowest BCUT2D eigenvalue weighted by atomic mass is 10.2. The highest BCUT2D eigenvalue weighted by atomic mass is 32.2. The molecule has 0 radical (unpaired) electrons. The summed E-state index contributed by atoms with van der Waals surface area (Å²) >= 11 is 1.22. The maximum atomic E-state index is 13.4. The number of aromatic nitrogens is 3. The minimum Gasteiger partial charge on any atom is -0.340 e. The van der Waals surface area contributed by atoms with Crippen LogP contribution in [0.3, 0.4) is 0 Å². The molecular formula is C22H19FN6OS.